The average molecular weight is 287 g/mol. The van der Waals surface area contributed by atoms with Crippen LogP contribution in [0.25, 0.3) is 0 Å². The largest absolute Gasteiger partial charge is 0.381 e. The Hall–Kier alpha value is -0.740. The number of hydrogen-bond donors (Lipinski definition) is 0. The van der Waals surface area contributed by atoms with Crippen LogP contribution in [0.2, 0.25) is 0 Å². The first kappa shape index (κ1) is 11.7. The van der Waals surface area contributed by atoms with Crippen LogP contribution in [0.15, 0.2) is 22.7 Å². The van der Waals surface area contributed by atoms with E-state index in [2.05, 4.69) is 15.9 Å². The van der Waals surface area contributed by atoms with E-state index >= 15 is 0 Å². The van der Waals surface area contributed by atoms with Gasteiger partial charge >= 0.3 is 0 Å². The summed E-state index contributed by atoms with van der Waals surface area (Å²) in [6.07, 6.45) is 1.46. The fraction of sp³-hybridized carbons (Fsp3) is 0.417. The summed E-state index contributed by atoms with van der Waals surface area (Å²) < 4.78 is 18.9. The number of hydrogen-bond acceptors (Lipinski definition) is 2. The summed E-state index contributed by atoms with van der Waals surface area (Å²) in [5.41, 5.74) is 0.443. The second-order valence-electron chi connectivity index (χ2n) is 3.91. The van der Waals surface area contributed by atoms with E-state index in [1.54, 1.807) is 6.07 Å². The fourth-order valence-corrected chi connectivity index (χ4v) is 2.36. The van der Waals surface area contributed by atoms with Gasteiger partial charge in [-0.3, -0.25) is 4.79 Å². The molecule has 1 aromatic rings. The summed E-state index contributed by atoms with van der Waals surface area (Å²) in [6, 6.07) is 4.31. The lowest BCUT2D eigenvalue weighted by molar-refractivity contribution is 0.0544. The Balaban J connectivity index is 2.19. The molecule has 0 atom stereocenters. The molecule has 86 valence electrons. The fourth-order valence-electron chi connectivity index (χ4n) is 1.89. The van der Waals surface area contributed by atoms with E-state index in [9.17, 15) is 9.18 Å². The van der Waals surface area contributed by atoms with Gasteiger partial charge in [0, 0.05) is 29.2 Å². The number of ether oxygens (including phenoxy) is 1. The van der Waals surface area contributed by atoms with Crippen molar-refractivity contribution in [2.75, 3.05) is 13.2 Å². The number of rotatable bonds is 2. The van der Waals surface area contributed by atoms with Crippen LogP contribution in [0.5, 0.6) is 0 Å². The van der Waals surface area contributed by atoms with E-state index in [4.69, 9.17) is 4.74 Å². The number of halogens is 2. The second-order valence-corrected chi connectivity index (χ2v) is 4.82. The van der Waals surface area contributed by atoms with Gasteiger partial charge in [-0.1, -0.05) is 15.9 Å². The van der Waals surface area contributed by atoms with E-state index in [1.165, 1.54) is 12.1 Å². The van der Waals surface area contributed by atoms with E-state index in [0.29, 0.717) is 23.2 Å². The predicted molar refractivity (Wildman–Crippen MR) is 62.0 cm³/mol. The van der Waals surface area contributed by atoms with Crippen LogP contribution in [0.4, 0.5) is 4.39 Å². The second kappa shape index (κ2) is 5.06. The smallest absolute Gasteiger partial charge is 0.166 e. The minimum absolute atomic E-state index is 0.0171. The molecule has 1 heterocycles. The van der Waals surface area contributed by atoms with Gasteiger partial charge in [-0.2, -0.15) is 0 Å². The van der Waals surface area contributed by atoms with E-state index in [0.717, 1.165) is 12.8 Å². The van der Waals surface area contributed by atoms with Gasteiger partial charge in [0.1, 0.15) is 5.82 Å². The third-order valence-electron chi connectivity index (χ3n) is 2.74. The van der Waals surface area contributed by atoms with Gasteiger partial charge in [0.15, 0.2) is 5.78 Å². The molecule has 0 aromatic heterocycles. The summed E-state index contributed by atoms with van der Waals surface area (Å²) in [5, 5.41) is 0. The molecule has 0 amide bonds. The Morgan fingerprint density at radius 1 is 1.31 bits per heavy atom. The molecular formula is C12H12BrFO2. The maximum absolute atomic E-state index is 13.1. The minimum Gasteiger partial charge on any atom is -0.381 e. The number of carbonyl (C=O) groups is 1. The zero-order chi connectivity index (χ0) is 11.5. The number of benzene rings is 1. The Morgan fingerprint density at radius 2 is 2.00 bits per heavy atom. The van der Waals surface area contributed by atoms with Crippen LogP contribution in [-0.4, -0.2) is 19.0 Å². The Morgan fingerprint density at radius 3 is 2.62 bits per heavy atom. The lowest BCUT2D eigenvalue weighted by Crippen LogP contribution is -2.23. The normalized spacial score (nSPS) is 17.4. The highest BCUT2D eigenvalue weighted by atomic mass is 79.9. The molecule has 1 aliphatic heterocycles. The van der Waals surface area contributed by atoms with Crippen molar-refractivity contribution >= 4 is 21.7 Å². The van der Waals surface area contributed by atoms with Gasteiger partial charge < -0.3 is 4.74 Å². The van der Waals surface area contributed by atoms with Crippen molar-refractivity contribution in [3.05, 3.63) is 34.1 Å². The lowest BCUT2D eigenvalue weighted by atomic mass is 9.91. The number of Topliss-reactive ketones (excluding diaryl/α,β-unsaturated/α-hetero) is 1. The van der Waals surface area contributed by atoms with Gasteiger partial charge in [-0.25, -0.2) is 4.39 Å². The molecule has 0 unspecified atom stereocenters. The van der Waals surface area contributed by atoms with Gasteiger partial charge in [-0.05, 0) is 31.0 Å². The van der Waals surface area contributed by atoms with Gasteiger partial charge in [-0.15, -0.1) is 0 Å². The molecule has 1 fully saturated rings. The van der Waals surface area contributed by atoms with Crippen LogP contribution in [0, 0.1) is 11.7 Å². The standard InChI is InChI=1S/C12H12BrFO2/c13-10-5-9(6-11(14)7-10)12(15)8-1-3-16-4-2-8/h5-8H,1-4H2. The molecule has 1 aromatic carbocycles. The van der Waals surface area contributed by atoms with Crippen LogP contribution in [0.3, 0.4) is 0 Å². The van der Waals surface area contributed by atoms with Gasteiger partial charge in [0.2, 0.25) is 0 Å². The maximum Gasteiger partial charge on any atom is 0.166 e. The van der Waals surface area contributed by atoms with Crippen molar-refractivity contribution in [1.29, 1.82) is 0 Å². The van der Waals surface area contributed by atoms with E-state index in [-0.39, 0.29) is 17.5 Å². The van der Waals surface area contributed by atoms with Crippen molar-refractivity contribution in [2.45, 2.75) is 12.8 Å². The quantitative estimate of drug-likeness (QED) is 0.781. The summed E-state index contributed by atoms with van der Waals surface area (Å²) in [5.74, 6) is -0.393. The van der Waals surface area contributed by atoms with Crippen molar-refractivity contribution in [3.8, 4) is 0 Å². The third kappa shape index (κ3) is 2.68. The van der Waals surface area contributed by atoms with Crippen LogP contribution >= 0.6 is 15.9 Å². The van der Waals surface area contributed by atoms with Crippen molar-refractivity contribution in [1.82, 2.24) is 0 Å². The molecule has 2 rings (SSSR count). The molecule has 1 aliphatic rings. The molecule has 0 aliphatic carbocycles. The first-order chi connectivity index (χ1) is 7.66. The van der Waals surface area contributed by atoms with E-state index < -0.39 is 0 Å². The number of ketones is 1. The zero-order valence-electron chi connectivity index (χ0n) is 8.71. The van der Waals surface area contributed by atoms with Gasteiger partial charge in [0.25, 0.3) is 0 Å². The molecule has 4 heteroatoms. The maximum atomic E-state index is 13.1. The zero-order valence-corrected chi connectivity index (χ0v) is 10.3. The monoisotopic (exact) mass is 286 g/mol. The van der Waals surface area contributed by atoms with E-state index in [1.807, 2.05) is 0 Å². The van der Waals surface area contributed by atoms with Crippen molar-refractivity contribution in [2.24, 2.45) is 5.92 Å². The number of carbonyl (C=O) groups excluding carboxylic acids is 1. The SMILES string of the molecule is O=C(c1cc(F)cc(Br)c1)C1CCOCC1. The van der Waals surface area contributed by atoms with Crippen molar-refractivity contribution in [3.63, 3.8) is 0 Å². The molecule has 16 heavy (non-hydrogen) atoms. The Labute approximate surface area is 102 Å². The predicted octanol–water partition coefficient (Wildman–Crippen LogP) is 3.20. The summed E-state index contributed by atoms with van der Waals surface area (Å²) in [6.45, 7) is 1.24. The molecule has 2 nitrogen and oxygen atoms in total. The minimum atomic E-state index is -0.384. The van der Waals surface area contributed by atoms with Crippen LogP contribution in [-0.2, 0) is 4.74 Å². The molecule has 0 radical (unpaired) electrons. The molecule has 0 bridgehead atoms. The highest BCUT2D eigenvalue weighted by Crippen LogP contribution is 2.23. The first-order valence-electron chi connectivity index (χ1n) is 5.25. The van der Waals surface area contributed by atoms with Crippen LogP contribution < -0.4 is 0 Å². The molecule has 0 N–H and O–H groups in total. The Kier molecular flexibility index (Phi) is 3.71. The highest BCUT2D eigenvalue weighted by Gasteiger charge is 2.23. The Bertz CT molecular complexity index is 380. The molecule has 0 saturated carbocycles. The van der Waals surface area contributed by atoms with Crippen LogP contribution in [0.1, 0.15) is 23.2 Å². The molecule has 0 spiro atoms. The molecular weight excluding hydrogens is 275 g/mol. The molecule has 1 saturated heterocycles. The van der Waals surface area contributed by atoms with Crippen molar-refractivity contribution < 1.29 is 13.9 Å². The third-order valence-corrected chi connectivity index (χ3v) is 3.20. The lowest BCUT2D eigenvalue weighted by Gasteiger charge is -2.20. The highest BCUT2D eigenvalue weighted by molar-refractivity contribution is 9.10. The van der Waals surface area contributed by atoms with Gasteiger partial charge in [0.05, 0.1) is 0 Å². The summed E-state index contributed by atoms with van der Waals surface area (Å²) in [7, 11) is 0. The average Bonchev–Trinajstić information content (AvgIpc) is 2.28. The first-order valence-corrected chi connectivity index (χ1v) is 6.04. The summed E-state index contributed by atoms with van der Waals surface area (Å²) in [4.78, 5) is 12.1. The topological polar surface area (TPSA) is 26.3 Å². The summed E-state index contributed by atoms with van der Waals surface area (Å²) >= 11 is 3.19.